The molecule has 0 rings (SSSR count). The Balaban J connectivity index is 0. The first-order valence-electron chi connectivity index (χ1n) is 0. The van der Waals surface area contributed by atoms with E-state index in [0.717, 1.165) is 0 Å². The first-order chi connectivity index (χ1) is 0. The molecule has 0 radical (unpaired) electrons. The van der Waals surface area contributed by atoms with E-state index >= 15 is 0 Å². The fourth-order valence-corrected chi connectivity index (χ4v) is 0. The van der Waals surface area contributed by atoms with Crippen molar-refractivity contribution in [2.24, 2.45) is 0 Å². The largest absolute Gasteiger partial charge is 4.00 e. The van der Waals surface area contributed by atoms with Crippen LogP contribution in [0.4, 0.5) is 0 Å². The topological polar surface area (TPSA) is 200 Å². The summed E-state index contributed by atoms with van der Waals surface area (Å²) in [5.74, 6) is 0. The summed E-state index contributed by atoms with van der Waals surface area (Å²) in [6.45, 7) is 0. The minimum absolute atomic E-state index is 0. The molecule has 56 valence electrons. The van der Waals surface area contributed by atoms with Crippen molar-refractivity contribution in [3.05, 3.63) is 0 Å². The molecule has 0 aliphatic carbocycles. The first-order valence-corrected chi connectivity index (χ1v) is 0. The second-order valence-corrected chi connectivity index (χ2v) is 0. The molecule has 0 aliphatic heterocycles. The van der Waals surface area contributed by atoms with Gasteiger partial charge in [-0.05, 0) is 0 Å². The summed E-state index contributed by atoms with van der Waals surface area (Å²) in [5.41, 5.74) is 0. The summed E-state index contributed by atoms with van der Waals surface area (Å²) in [4.78, 5) is 0. The molecule has 0 heterocycles. The van der Waals surface area contributed by atoms with Gasteiger partial charge in [0.25, 0.3) is 0 Å². The van der Waals surface area contributed by atoms with E-state index in [-0.39, 0.29) is 146 Å². The van der Waals surface area contributed by atoms with Gasteiger partial charge in [0.1, 0.15) is 0 Å². The predicted molar refractivity (Wildman–Crippen MR) is 10.6 cm³/mol. The minimum Gasteiger partial charge on any atom is -2.00 e. The Morgan fingerprint density at radius 3 is 0.364 bits per heavy atom. The fourth-order valence-electron chi connectivity index (χ4n) is 0. The molecular formula is CaO7Ti2Zr. The minimum atomic E-state index is 0. The van der Waals surface area contributed by atoms with E-state index in [2.05, 4.69) is 0 Å². The molecule has 0 unspecified atom stereocenters. The van der Waals surface area contributed by atoms with Crippen LogP contribution in [0, 0.1) is 0 Å². The monoisotopic (exact) mass is 338 g/mol. The normalized spacial score (nSPS) is 0. The third kappa shape index (κ3) is 156. The van der Waals surface area contributed by atoms with Gasteiger partial charge in [-0.3, -0.25) is 0 Å². The molecule has 11 heavy (non-hydrogen) atoms. The quantitative estimate of drug-likeness (QED) is 0.477. The van der Waals surface area contributed by atoms with Gasteiger partial charge in [-0.25, -0.2) is 0 Å². The van der Waals surface area contributed by atoms with Crippen molar-refractivity contribution in [1.29, 1.82) is 0 Å². The van der Waals surface area contributed by atoms with Crippen LogP contribution in [0.1, 0.15) is 0 Å². The van der Waals surface area contributed by atoms with Gasteiger partial charge in [0.2, 0.25) is 0 Å². The van der Waals surface area contributed by atoms with Gasteiger partial charge < -0.3 is 38.3 Å². The summed E-state index contributed by atoms with van der Waals surface area (Å²) >= 11 is 0. The van der Waals surface area contributed by atoms with Crippen molar-refractivity contribution in [3.63, 3.8) is 0 Å². The fraction of sp³-hybridized carbons (Fsp3) is 0. The molecule has 0 aliphatic rings. The molecule has 0 bridgehead atoms. The van der Waals surface area contributed by atoms with Crippen LogP contribution in [0.15, 0.2) is 0 Å². The third-order valence-corrected chi connectivity index (χ3v) is 0. The van der Waals surface area contributed by atoms with E-state index in [0.29, 0.717) is 0 Å². The van der Waals surface area contributed by atoms with Gasteiger partial charge in [-0.1, -0.05) is 0 Å². The summed E-state index contributed by atoms with van der Waals surface area (Å²) in [6, 6.07) is 0. The Labute approximate surface area is 143 Å². The maximum atomic E-state index is 0. The zero-order valence-corrected chi connectivity index (χ0v) is 12.9. The van der Waals surface area contributed by atoms with Crippen LogP contribution >= 0.6 is 0 Å². The summed E-state index contributed by atoms with van der Waals surface area (Å²) in [7, 11) is 0. The van der Waals surface area contributed by atoms with Crippen molar-refractivity contribution >= 4 is 37.7 Å². The molecule has 0 fully saturated rings. The zero-order chi connectivity index (χ0) is 0. The molecule has 0 atom stereocenters. The van der Waals surface area contributed by atoms with Crippen LogP contribution in [0.25, 0.3) is 0 Å². The standard InChI is InChI=1S/Ca.7O.2Ti.Zr/q+2;7*-2;3*+4. The van der Waals surface area contributed by atoms with Crippen LogP contribution in [0.3, 0.4) is 0 Å². The summed E-state index contributed by atoms with van der Waals surface area (Å²) in [5, 5.41) is 0. The van der Waals surface area contributed by atoms with Crippen molar-refractivity contribution in [1.82, 2.24) is 0 Å². The number of hydrogen-bond donors (Lipinski definition) is 0. The summed E-state index contributed by atoms with van der Waals surface area (Å²) in [6.07, 6.45) is 0. The van der Waals surface area contributed by atoms with Crippen LogP contribution < -0.4 is 0 Å². The molecule has 0 saturated heterocycles. The molecule has 11 heteroatoms. The first kappa shape index (κ1) is 233. The van der Waals surface area contributed by atoms with E-state index < -0.39 is 0 Å². The second kappa shape index (κ2) is 185. The average molecular weight is 339 g/mol. The van der Waals surface area contributed by atoms with Gasteiger partial charge >= 0.3 is 107 Å². The van der Waals surface area contributed by atoms with Gasteiger partial charge in [0.05, 0.1) is 0 Å². The Kier molecular flexibility index (Phi) is 3930. The Morgan fingerprint density at radius 2 is 0.364 bits per heavy atom. The maximum absolute atomic E-state index is 0. The van der Waals surface area contributed by atoms with E-state index in [1.807, 2.05) is 0 Å². The third-order valence-electron chi connectivity index (χ3n) is 0. The molecule has 0 saturated carbocycles. The number of hydrogen-bond acceptors (Lipinski definition) is 0. The van der Waals surface area contributed by atoms with E-state index in [4.69, 9.17) is 0 Å². The van der Waals surface area contributed by atoms with Crippen molar-refractivity contribution in [2.45, 2.75) is 0 Å². The van der Waals surface area contributed by atoms with E-state index in [1.54, 1.807) is 0 Å². The van der Waals surface area contributed by atoms with Crippen LogP contribution in [-0.4, -0.2) is 37.7 Å². The average Bonchev–Trinajstić information content (AvgIpc) is 0. The van der Waals surface area contributed by atoms with Gasteiger partial charge in [0, 0.05) is 0 Å². The van der Waals surface area contributed by atoms with Crippen molar-refractivity contribution in [3.8, 4) is 0 Å². The molecule has 7 nitrogen and oxygen atoms in total. The number of rotatable bonds is 0. The Morgan fingerprint density at radius 1 is 0.364 bits per heavy atom. The maximum Gasteiger partial charge on any atom is 4.00 e. The van der Waals surface area contributed by atoms with Crippen molar-refractivity contribution < 1.29 is 108 Å². The molecule has 0 N–H and O–H groups in total. The predicted octanol–water partition coefficient (Wildman–Crippen LogP) is -1.22. The molecule has 0 spiro atoms. The molecule has 0 aromatic carbocycles. The van der Waals surface area contributed by atoms with Gasteiger partial charge in [-0.2, -0.15) is 0 Å². The van der Waals surface area contributed by atoms with Crippen LogP contribution in [-0.2, 0) is 108 Å². The van der Waals surface area contributed by atoms with Gasteiger partial charge in [-0.15, -0.1) is 0 Å². The molecule has 0 aromatic heterocycles. The SMILES string of the molecule is [Ca+2].[O-2].[O-2].[O-2].[O-2].[O-2].[O-2].[O-2].[Ti+4].[Ti+4].[Zr+4]. The molecule has 0 aromatic rings. The Hall–Kier alpha value is 3.29. The van der Waals surface area contributed by atoms with Crippen LogP contribution in [0.5, 0.6) is 0 Å². The Bertz CT molecular complexity index is 16.4. The second-order valence-electron chi connectivity index (χ2n) is 0. The molecule has 0 amide bonds. The summed E-state index contributed by atoms with van der Waals surface area (Å²) < 4.78 is 0. The molecular weight excluding hydrogens is 339 g/mol. The van der Waals surface area contributed by atoms with E-state index in [9.17, 15) is 0 Å². The van der Waals surface area contributed by atoms with Crippen molar-refractivity contribution in [2.75, 3.05) is 0 Å². The zero-order valence-electron chi connectivity index (χ0n) is 5.06. The van der Waals surface area contributed by atoms with E-state index in [1.165, 1.54) is 0 Å². The van der Waals surface area contributed by atoms with Crippen LogP contribution in [0.2, 0.25) is 0 Å². The van der Waals surface area contributed by atoms with Gasteiger partial charge in [0.15, 0.2) is 0 Å². The smallest absolute Gasteiger partial charge is 2.00 e.